The lowest BCUT2D eigenvalue weighted by Gasteiger charge is -2.61. The van der Waals surface area contributed by atoms with Crippen LogP contribution in [-0.4, -0.2) is 38.0 Å². The highest BCUT2D eigenvalue weighted by Crippen LogP contribution is 2.65. The summed E-state index contributed by atoms with van der Waals surface area (Å²) < 4.78 is 21.5. The Kier molecular flexibility index (Phi) is 4.84. The van der Waals surface area contributed by atoms with Crippen molar-refractivity contribution in [3.8, 4) is 0 Å². The monoisotopic (exact) mass is 404 g/mol. The Morgan fingerprint density at radius 2 is 1.97 bits per heavy atom. The molecule has 7 heteroatoms. The second-order valence-electron chi connectivity index (χ2n) is 9.16. The molecule has 2 aliphatic carbocycles. The lowest BCUT2D eigenvalue weighted by atomic mass is 9.43. The Balaban J connectivity index is 1.79. The first-order chi connectivity index (χ1) is 13.8. The summed E-state index contributed by atoms with van der Waals surface area (Å²) in [7, 11) is 2.87. The predicted octanol–water partition coefficient (Wildman–Crippen LogP) is 3.08. The van der Waals surface area contributed by atoms with Gasteiger partial charge in [0.25, 0.3) is 0 Å². The fraction of sp³-hybridized carbons (Fsp3) is 0.682. The molecule has 2 heterocycles. The number of carbonyl (C=O) groups is 3. The summed E-state index contributed by atoms with van der Waals surface area (Å²) in [5, 5.41) is 0. The molecular weight excluding hydrogens is 376 g/mol. The summed E-state index contributed by atoms with van der Waals surface area (Å²) in [5.41, 5.74) is -0.463. The van der Waals surface area contributed by atoms with E-state index in [0.717, 1.165) is 5.56 Å². The first-order valence-corrected chi connectivity index (χ1v) is 10.1. The molecule has 3 fully saturated rings. The van der Waals surface area contributed by atoms with Gasteiger partial charge in [0.2, 0.25) is 0 Å². The molecule has 4 rings (SSSR count). The van der Waals surface area contributed by atoms with Crippen molar-refractivity contribution in [2.45, 2.75) is 51.7 Å². The van der Waals surface area contributed by atoms with Crippen LogP contribution in [0.4, 0.5) is 0 Å². The van der Waals surface area contributed by atoms with Crippen molar-refractivity contribution < 1.29 is 33.0 Å². The number of carbonyl (C=O) groups excluding carboxylic acids is 3. The molecule has 0 amide bonds. The zero-order chi connectivity index (χ0) is 21.0. The zero-order valence-corrected chi connectivity index (χ0v) is 17.3. The van der Waals surface area contributed by atoms with E-state index < -0.39 is 34.9 Å². The van der Waals surface area contributed by atoms with Crippen LogP contribution >= 0.6 is 0 Å². The van der Waals surface area contributed by atoms with Crippen LogP contribution in [0.5, 0.6) is 0 Å². The van der Waals surface area contributed by atoms with Gasteiger partial charge in [-0.2, -0.15) is 0 Å². The maximum Gasteiger partial charge on any atom is 0.310 e. The SMILES string of the molecule is COC(=O)[C@@H]1C[C@@H](OC)C(=O)C2[C@@]3(C)C[C@@H](c4ccoc4)OC(=O)C3CC[C@]21C. The summed E-state index contributed by atoms with van der Waals surface area (Å²) in [6.45, 7) is 3.99. The molecule has 7 atom stereocenters. The Labute approximate surface area is 170 Å². The number of ketones is 1. The van der Waals surface area contributed by atoms with Gasteiger partial charge in [-0.3, -0.25) is 14.4 Å². The maximum absolute atomic E-state index is 13.6. The van der Waals surface area contributed by atoms with E-state index in [1.54, 1.807) is 18.6 Å². The highest BCUT2D eigenvalue weighted by atomic mass is 16.5. The number of esters is 2. The number of rotatable bonds is 3. The average molecular weight is 404 g/mol. The van der Waals surface area contributed by atoms with Crippen molar-refractivity contribution in [1.82, 2.24) is 0 Å². The van der Waals surface area contributed by atoms with Gasteiger partial charge in [0.05, 0.1) is 31.5 Å². The van der Waals surface area contributed by atoms with Crippen LogP contribution in [0.25, 0.3) is 0 Å². The largest absolute Gasteiger partial charge is 0.472 e. The van der Waals surface area contributed by atoms with Crippen molar-refractivity contribution in [3.05, 3.63) is 24.2 Å². The molecule has 7 nitrogen and oxygen atoms in total. The average Bonchev–Trinajstić information content (AvgIpc) is 3.21. The predicted molar refractivity (Wildman–Crippen MR) is 101 cm³/mol. The van der Waals surface area contributed by atoms with Gasteiger partial charge >= 0.3 is 11.9 Å². The summed E-state index contributed by atoms with van der Waals surface area (Å²) >= 11 is 0. The second-order valence-corrected chi connectivity index (χ2v) is 9.16. The second kappa shape index (κ2) is 6.97. The van der Waals surface area contributed by atoms with E-state index in [1.807, 2.05) is 13.8 Å². The van der Waals surface area contributed by atoms with E-state index in [2.05, 4.69) is 0 Å². The molecule has 1 aliphatic heterocycles. The summed E-state index contributed by atoms with van der Waals surface area (Å²) in [5.74, 6) is -1.97. The quantitative estimate of drug-likeness (QED) is 0.715. The summed E-state index contributed by atoms with van der Waals surface area (Å²) in [4.78, 5) is 39.2. The van der Waals surface area contributed by atoms with Crippen LogP contribution in [-0.2, 0) is 28.6 Å². The van der Waals surface area contributed by atoms with E-state index in [9.17, 15) is 14.4 Å². The van der Waals surface area contributed by atoms with Gasteiger partial charge in [0.1, 0.15) is 12.2 Å². The fourth-order valence-electron chi connectivity index (χ4n) is 6.37. The minimum Gasteiger partial charge on any atom is -0.472 e. The Bertz CT molecular complexity index is 815. The van der Waals surface area contributed by atoms with Crippen molar-refractivity contribution in [3.63, 3.8) is 0 Å². The molecule has 0 spiro atoms. The Hall–Kier alpha value is -2.15. The molecule has 1 saturated heterocycles. The van der Waals surface area contributed by atoms with Gasteiger partial charge in [-0.15, -0.1) is 0 Å². The van der Waals surface area contributed by atoms with Gasteiger partial charge in [-0.1, -0.05) is 13.8 Å². The van der Waals surface area contributed by atoms with Crippen molar-refractivity contribution >= 4 is 17.7 Å². The van der Waals surface area contributed by atoms with Gasteiger partial charge in [-0.25, -0.2) is 0 Å². The molecule has 0 bridgehead atoms. The summed E-state index contributed by atoms with van der Waals surface area (Å²) in [6, 6.07) is 1.78. The van der Waals surface area contributed by atoms with E-state index in [4.69, 9.17) is 18.6 Å². The number of cyclic esters (lactones) is 1. The van der Waals surface area contributed by atoms with Gasteiger partial charge in [0, 0.05) is 18.6 Å². The van der Waals surface area contributed by atoms with Gasteiger partial charge in [-0.05, 0) is 42.6 Å². The number of hydrogen-bond acceptors (Lipinski definition) is 7. The molecule has 29 heavy (non-hydrogen) atoms. The third kappa shape index (κ3) is 2.85. The Morgan fingerprint density at radius 1 is 1.21 bits per heavy atom. The van der Waals surface area contributed by atoms with Crippen LogP contribution in [0.3, 0.4) is 0 Å². The van der Waals surface area contributed by atoms with Crippen LogP contribution in [0.15, 0.2) is 23.0 Å². The fourth-order valence-corrected chi connectivity index (χ4v) is 6.37. The molecule has 3 aliphatic rings. The smallest absolute Gasteiger partial charge is 0.310 e. The molecule has 1 aromatic rings. The number of hydrogen-bond donors (Lipinski definition) is 0. The first-order valence-electron chi connectivity index (χ1n) is 10.1. The van der Waals surface area contributed by atoms with Crippen LogP contribution in [0.2, 0.25) is 0 Å². The number of methoxy groups -OCH3 is 2. The third-order valence-corrected chi connectivity index (χ3v) is 7.79. The van der Waals surface area contributed by atoms with Gasteiger partial charge in [0.15, 0.2) is 5.78 Å². The molecule has 0 aromatic carbocycles. The van der Waals surface area contributed by atoms with Crippen LogP contribution < -0.4 is 0 Å². The van der Waals surface area contributed by atoms with E-state index in [-0.39, 0.29) is 23.6 Å². The summed E-state index contributed by atoms with van der Waals surface area (Å²) in [6.07, 6.45) is 3.94. The van der Waals surface area contributed by atoms with Crippen molar-refractivity contribution in [1.29, 1.82) is 0 Å². The maximum atomic E-state index is 13.6. The minimum atomic E-state index is -0.682. The Morgan fingerprint density at radius 3 is 2.59 bits per heavy atom. The minimum absolute atomic E-state index is 0.0250. The van der Waals surface area contributed by atoms with Crippen LogP contribution in [0, 0.1) is 28.6 Å². The standard InChI is InChI=1S/C22H28O7/c1-21-7-5-13-20(25)29-16(12-6-8-28-11-12)10-22(13,2)18(21)17(23)15(26-3)9-14(21)19(24)27-4/h6,8,11,13-16,18H,5,7,9-10H2,1-4H3/t13?,14-,15+,16-,18?,21-,22-/m0/s1. The molecule has 1 aromatic heterocycles. The van der Waals surface area contributed by atoms with Crippen molar-refractivity contribution in [2.75, 3.05) is 14.2 Å². The van der Waals surface area contributed by atoms with E-state index >= 15 is 0 Å². The molecule has 158 valence electrons. The lowest BCUT2D eigenvalue weighted by molar-refractivity contribution is -0.208. The number of fused-ring (bicyclic) bond motifs is 3. The number of Topliss-reactive ketones (excluding diaryl/α,β-unsaturated/α-hetero) is 1. The molecule has 0 radical (unpaired) electrons. The normalized spacial score (nSPS) is 41.9. The molecule has 2 saturated carbocycles. The topological polar surface area (TPSA) is 92.0 Å². The van der Waals surface area contributed by atoms with E-state index in [1.165, 1.54) is 14.2 Å². The van der Waals surface area contributed by atoms with E-state index in [0.29, 0.717) is 25.7 Å². The molecule has 0 N–H and O–H groups in total. The lowest BCUT2D eigenvalue weighted by Crippen LogP contribution is -2.64. The molecule has 2 unspecified atom stereocenters. The van der Waals surface area contributed by atoms with Crippen molar-refractivity contribution in [2.24, 2.45) is 28.6 Å². The first kappa shape index (κ1) is 20.1. The zero-order valence-electron chi connectivity index (χ0n) is 17.3. The van der Waals surface area contributed by atoms with Crippen LogP contribution in [0.1, 0.15) is 51.2 Å². The molecular formula is C22H28O7. The highest BCUT2D eigenvalue weighted by Gasteiger charge is 2.67. The highest BCUT2D eigenvalue weighted by molar-refractivity contribution is 5.92. The number of ether oxygens (including phenoxy) is 3. The number of furan rings is 1. The van der Waals surface area contributed by atoms with Gasteiger partial charge < -0.3 is 18.6 Å². The third-order valence-electron chi connectivity index (χ3n) is 7.79.